The number of likely N-dealkylation sites (tertiary alicyclic amines) is 1. The van der Waals surface area contributed by atoms with Gasteiger partial charge in [0.25, 0.3) is 0 Å². The minimum Gasteiger partial charge on any atom is -0.508 e. The number of nitrogens with zero attached hydrogens (tertiary/aromatic N) is 1. The lowest BCUT2D eigenvalue weighted by atomic mass is 9.99. The molecule has 1 atom stereocenters. The van der Waals surface area contributed by atoms with Gasteiger partial charge < -0.3 is 5.11 Å². The number of alkyl halides is 1. The fraction of sp³-hybridized carbons (Fsp3) is 0.571. The summed E-state index contributed by atoms with van der Waals surface area (Å²) in [7, 11) is 0. The smallest absolute Gasteiger partial charge is 0.115 e. The molecule has 0 bridgehead atoms. The molecule has 0 aromatic heterocycles. The summed E-state index contributed by atoms with van der Waals surface area (Å²) in [6.45, 7) is 2.22. The van der Waals surface area contributed by atoms with E-state index in [9.17, 15) is 5.11 Å². The van der Waals surface area contributed by atoms with Crippen molar-refractivity contribution in [3.8, 4) is 5.75 Å². The van der Waals surface area contributed by atoms with Gasteiger partial charge in [-0.05, 0) is 43.5 Å². The molecule has 0 aliphatic carbocycles. The van der Waals surface area contributed by atoms with Crippen molar-refractivity contribution in [1.82, 2.24) is 4.90 Å². The second kappa shape index (κ2) is 6.41. The van der Waals surface area contributed by atoms with E-state index >= 15 is 0 Å². The first kappa shape index (κ1) is 12.9. The van der Waals surface area contributed by atoms with Gasteiger partial charge in [0.15, 0.2) is 0 Å². The molecule has 2 nitrogen and oxygen atoms in total. The number of piperidine rings is 1. The van der Waals surface area contributed by atoms with E-state index in [1.807, 2.05) is 12.1 Å². The largest absolute Gasteiger partial charge is 0.508 e. The molecule has 2 rings (SSSR count). The lowest BCUT2D eigenvalue weighted by Crippen LogP contribution is -2.39. The highest BCUT2D eigenvalue weighted by atomic mass is 79.9. The summed E-state index contributed by atoms with van der Waals surface area (Å²) in [6, 6.07) is 8.32. The van der Waals surface area contributed by atoms with E-state index in [2.05, 4.69) is 20.8 Å². The molecular formula is C14H20BrNO. The Bertz CT molecular complexity index is 337. The van der Waals surface area contributed by atoms with Crippen LogP contribution in [0.1, 0.15) is 31.2 Å². The Morgan fingerprint density at radius 3 is 2.71 bits per heavy atom. The molecule has 1 heterocycles. The molecule has 3 heteroatoms. The molecule has 1 aromatic rings. The Balaban J connectivity index is 1.97. The van der Waals surface area contributed by atoms with Crippen molar-refractivity contribution in [2.24, 2.45) is 0 Å². The first-order valence-corrected chi connectivity index (χ1v) is 7.49. The van der Waals surface area contributed by atoms with Crippen molar-refractivity contribution in [3.05, 3.63) is 29.8 Å². The summed E-state index contributed by atoms with van der Waals surface area (Å²) in [5.41, 5.74) is 1.30. The van der Waals surface area contributed by atoms with Gasteiger partial charge in [-0.3, -0.25) is 4.90 Å². The summed E-state index contributed by atoms with van der Waals surface area (Å²) in [5.74, 6) is 0.351. The normalized spacial score (nSPS) is 21.6. The molecule has 17 heavy (non-hydrogen) atoms. The van der Waals surface area contributed by atoms with Crippen LogP contribution in [0.15, 0.2) is 24.3 Å². The van der Waals surface area contributed by atoms with Crippen molar-refractivity contribution in [1.29, 1.82) is 0 Å². The topological polar surface area (TPSA) is 23.5 Å². The van der Waals surface area contributed by atoms with Gasteiger partial charge in [-0.25, -0.2) is 0 Å². The molecule has 0 saturated carbocycles. The van der Waals surface area contributed by atoms with Crippen LogP contribution in [-0.4, -0.2) is 27.9 Å². The van der Waals surface area contributed by atoms with Gasteiger partial charge in [0, 0.05) is 17.9 Å². The third kappa shape index (κ3) is 3.71. The average molecular weight is 298 g/mol. The van der Waals surface area contributed by atoms with Gasteiger partial charge in [0.05, 0.1) is 0 Å². The molecule has 1 aromatic carbocycles. The van der Waals surface area contributed by atoms with Crippen molar-refractivity contribution in [2.75, 3.05) is 11.9 Å². The number of phenols is 1. The summed E-state index contributed by atoms with van der Waals surface area (Å²) in [5, 5.41) is 10.4. The number of rotatable bonds is 4. The van der Waals surface area contributed by atoms with Crippen LogP contribution < -0.4 is 0 Å². The average Bonchev–Trinajstić information content (AvgIpc) is 2.35. The Morgan fingerprint density at radius 1 is 1.24 bits per heavy atom. The lowest BCUT2D eigenvalue weighted by molar-refractivity contribution is 0.137. The molecule has 1 aliphatic heterocycles. The molecule has 1 N–H and O–H groups in total. The van der Waals surface area contributed by atoms with E-state index in [1.54, 1.807) is 12.1 Å². The summed E-state index contributed by atoms with van der Waals surface area (Å²) in [6.07, 6.45) is 5.24. The summed E-state index contributed by atoms with van der Waals surface area (Å²) < 4.78 is 0. The van der Waals surface area contributed by atoms with Gasteiger partial charge in [-0.1, -0.05) is 34.5 Å². The highest BCUT2D eigenvalue weighted by Gasteiger charge is 2.21. The zero-order valence-corrected chi connectivity index (χ0v) is 11.7. The van der Waals surface area contributed by atoms with Crippen LogP contribution >= 0.6 is 15.9 Å². The fourth-order valence-corrected chi connectivity index (χ4v) is 3.09. The van der Waals surface area contributed by atoms with Gasteiger partial charge in [-0.15, -0.1) is 0 Å². The Morgan fingerprint density at radius 2 is 2.00 bits per heavy atom. The van der Waals surface area contributed by atoms with E-state index in [1.165, 1.54) is 37.8 Å². The second-order valence-electron chi connectivity index (χ2n) is 4.76. The van der Waals surface area contributed by atoms with Gasteiger partial charge >= 0.3 is 0 Å². The number of halogens is 1. The van der Waals surface area contributed by atoms with Crippen LogP contribution in [0.2, 0.25) is 0 Å². The minimum absolute atomic E-state index is 0.351. The van der Waals surface area contributed by atoms with Crippen LogP contribution in [0.3, 0.4) is 0 Å². The second-order valence-corrected chi connectivity index (χ2v) is 5.56. The molecule has 0 spiro atoms. The maximum atomic E-state index is 9.28. The first-order chi connectivity index (χ1) is 8.29. The highest BCUT2D eigenvalue weighted by molar-refractivity contribution is 9.09. The van der Waals surface area contributed by atoms with Crippen molar-refractivity contribution in [3.63, 3.8) is 0 Å². The monoisotopic (exact) mass is 297 g/mol. The molecule has 1 fully saturated rings. The third-order valence-corrected chi connectivity index (χ3v) is 3.97. The maximum Gasteiger partial charge on any atom is 0.115 e. The van der Waals surface area contributed by atoms with Crippen LogP contribution in [0, 0.1) is 0 Å². The molecule has 1 saturated heterocycles. The molecule has 0 amide bonds. The van der Waals surface area contributed by atoms with E-state index in [0.29, 0.717) is 5.75 Å². The number of phenolic OH excluding ortho intramolecular Hbond substituents is 1. The number of aromatic hydroxyl groups is 1. The Kier molecular flexibility index (Phi) is 4.86. The quantitative estimate of drug-likeness (QED) is 0.860. The van der Waals surface area contributed by atoms with E-state index in [0.717, 1.165) is 17.9 Å². The van der Waals surface area contributed by atoms with Gasteiger partial charge in [0.1, 0.15) is 5.75 Å². The molecular weight excluding hydrogens is 278 g/mol. The van der Waals surface area contributed by atoms with Gasteiger partial charge in [-0.2, -0.15) is 0 Å². The third-order valence-electron chi connectivity index (χ3n) is 3.51. The van der Waals surface area contributed by atoms with Crippen molar-refractivity contribution in [2.45, 2.75) is 38.3 Å². The zero-order chi connectivity index (χ0) is 12.1. The lowest BCUT2D eigenvalue weighted by Gasteiger charge is -2.35. The first-order valence-electron chi connectivity index (χ1n) is 6.37. The predicted molar refractivity (Wildman–Crippen MR) is 74.6 cm³/mol. The Labute approximate surface area is 112 Å². The van der Waals surface area contributed by atoms with Crippen molar-refractivity contribution >= 4 is 15.9 Å². The van der Waals surface area contributed by atoms with E-state index in [4.69, 9.17) is 0 Å². The molecule has 1 unspecified atom stereocenters. The number of benzene rings is 1. The fourth-order valence-electron chi connectivity index (χ4n) is 2.56. The zero-order valence-electron chi connectivity index (χ0n) is 10.1. The standard InChI is InChI=1S/C14H20BrNO/c15-9-8-13-3-1-2-10-16(13)11-12-4-6-14(17)7-5-12/h4-7,13,17H,1-3,8-11H2. The van der Waals surface area contributed by atoms with Crippen LogP contribution in [-0.2, 0) is 6.54 Å². The van der Waals surface area contributed by atoms with E-state index < -0.39 is 0 Å². The van der Waals surface area contributed by atoms with Crippen LogP contribution in [0.4, 0.5) is 0 Å². The number of hydrogen-bond donors (Lipinski definition) is 1. The number of hydrogen-bond acceptors (Lipinski definition) is 2. The molecule has 1 aliphatic rings. The van der Waals surface area contributed by atoms with Crippen LogP contribution in [0.5, 0.6) is 5.75 Å². The maximum absolute atomic E-state index is 9.28. The van der Waals surface area contributed by atoms with Crippen molar-refractivity contribution < 1.29 is 5.11 Å². The SMILES string of the molecule is Oc1ccc(CN2CCCCC2CCBr)cc1. The van der Waals surface area contributed by atoms with Crippen LogP contribution in [0.25, 0.3) is 0 Å². The highest BCUT2D eigenvalue weighted by Crippen LogP contribution is 2.23. The summed E-state index contributed by atoms with van der Waals surface area (Å²) >= 11 is 3.55. The van der Waals surface area contributed by atoms with Gasteiger partial charge in [0.2, 0.25) is 0 Å². The minimum atomic E-state index is 0.351. The molecule has 0 radical (unpaired) electrons. The predicted octanol–water partition coefficient (Wildman–Crippen LogP) is 3.53. The summed E-state index contributed by atoms with van der Waals surface area (Å²) in [4.78, 5) is 2.58. The Hall–Kier alpha value is -0.540. The van der Waals surface area contributed by atoms with E-state index in [-0.39, 0.29) is 0 Å². The molecule has 94 valence electrons.